The summed E-state index contributed by atoms with van der Waals surface area (Å²) in [5, 5.41) is 3.96. The number of rotatable bonds is 6. The Morgan fingerprint density at radius 3 is 2.40 bits per heavy atom. The number of nitrogens with one attached hydrogen (secondary N) is 1. The van der Waals surface area contributed by atoms with E-state index in [9.17, 15) is 0 Å². The van der Waals surface area contributed by atoms with Crippen molar-refractivity contribution >= 4 is 11.6 Å². The van der Waals surface area contributed by atoms with E-state index in [2.05, 4.69) is 12.2 Å². The van der Waals surface area contributed by atoms with Crippen molar-refractivity contribution in [2.24, 2.45) is 0 Å². The fourth-order valence-corrected chi connectivity index (χ4v) is 2.11. The smallest absolute Gasteiger partial charge is 0.169 e. The summed E-state index contributed by atoms with van der Waals surface area (Å²) in [6.07, 6.45) is 0. The Labute approximate surface area is 124 Å². The Morgan fingerprint density at radius 2 is 1.70 bits per heavy atom. The lowest BCUT2D eigenvalue weighted by molar-refractivity contribution is 0.377. The van der Waals surface area contributed by atoms with Crippen molar-refractivity contribution < 1.29 is 9.47 Å². The maximum Gasteiger partial charge on any atom is 0.169 e. The van der Waals surface area contributed by atoms with Crippen LogP contribution in [0.2, 0.25) is 5.02 Å². The molecule has 0 spiro atoms. The summed E-state index contributed by atoms with van der Waals surface area (Å²) >= 11 is 6.25. The fourth-order valence-electron chi connectivity index (χ4n) is 1.88. The molecule has 0 saturated heterocycles. The van der Waals surface area contributed by atoms with Crippen LogP contribution in [0.4, 0.5) is 0 Å². The van der Waals surface area contributed by atoms with E-state index in [4.69, 9.17) is 21.1 Å². The van der Waals surface area contributed by atoms with Gasteiger partial charge in [-0.25, -0.2) is 0 Å². The van der Waals surface area contributed by atoms with Crippen LogP contribution in [0.1, 0.15) is 12.5 Å². The van der Waals surface area contributed by atoms with Gasteiger partial charge in [0.2, 0.25) is 0 Å². The Hall–Kier alpha value is -1.71. The van der Waals surface area contributed by atoms with Gasteiger partial charge in [0.25, 0.3) is 0 Å². The molecule has 0 radical (unpaired) electrons. The van der Waals surface area contributed by atoms with Crippen LogP contribution in [0.5, 0.6) is 17.2 Å². The van der Waals surface area contributed by atoms with Gasteiger partial charge in [0.15, 0.2) is 11.5 Å². The predicted molar refractivity (Wildman–Crippen MR) is 81.9 cm³/mol. The first-order valence-electron chi connectivity index (χ1n) is 6.55. The second kappa shape index (κ2) is 7.17. The molecule has 0 aliphatic rings. The van der Waals surface area contributed by atoms with Crippen LogP contribution in [-0.2, 0) is 6.54 Å². The molecule has 0 atom stereocenters. The second-order valence-corrected chi connectivity index (χ2v) is 4.66. The van der Waals surface area contributed by atoms with Crippen molar-refractivity contribution in [2.45, 2.75) is 13.5 Å². The third kappa shape index (κ3) is 3.44. The fraction of sp³-hybridized carbons (Fsp3) is 0.250. The number of ether oxygens (including phenoxy) is 2. The zero-order valence-electron chi connectivity index (χ0n) is 11.7. The summed E-state index contributed by atoms with van der Waals surface area (Å²) in [6, 6.07) is 13.2. The van der Waals surface area contributed by atoms with Gasteiger partial charge in [-0.15, -0.1) is 0 Å². The molecule has 2 aromatic rings. The monoisotopic (exact) mass is 291 g/mol. The topological polar surface area (TPSA) is 30.5 Å². The lowest BCUT2D eigenvalue weighted by atomic mass is 10.2. The Balaban J connectivity index is 2.30. The van der Waals surface area contributed by atoms with Gasteiger partial charge in [-0.05, 0) is 30.8 Å². The molecule has 0 saturated carbocycles. The number of methoxy groups -OCH3 is 1. The zero-order valence-corrected chi connectivity index (χ0v) is 12.4. The highest BCUT2D eigenvalue weighted by Gasteiger charge is 2.11. The molecule has 0 heterocycles. The molecule has 0 aliphatic heterocycles. The average Bonchev–Trinajstić information content (AvgIpc) is 2.47. The number of para-hydroxylation sites is 2. The molecule has 2 aromatic carbocycles. The first-order chi connectivity index (χ1) is 9.76. The highest BCUT2D eigenvalue weighted by molar-refractivity contribution is 6.31. The molecular weight excluding hydrogens is 274 g/mol. The van der Waals surface area contributed by atoms with E-state index < -0.39 is 0 Å². The number of benzene rings is 2. The second-order valence-electron chi connectivity index (χ2n) is 4.25. The number of hydrogen-bond acceptors (Lipinski definition) is 3. The quantitative estimate of drug-likeness (QED) is 0.863. The lowest BCUT2D eigenvalue weighted by Crippen LogP contribution is -2.12. The molecule has 0 bridgehead atoms. The summed E-state index contributed by atoms with van der Waals surface area (Å²) in [4.78, 5) is 0. The van der Waals surface area contributed by atoms with E-state index in [0.717, 1.165) is 17.9 Å². The van der Waals surface area contributed by atoms with Crippen LogP contribution >= 0.6 is 11.6 Å². The van der Waals surface area contributed by atoms with Crippen molar-refractivity contribution in [3.05, 3.63) is 53.1 Å². The summed E-state index contributed by atoms with van der Waals surface area (Å²) < 4.78 is 11.3. The molecular formula is C16H18ClNO2. The van der Waals surface area contributed by atoms with E-state index in [0.29, 0.717) is 23.1 Å². The molecule has 3 nitrogen and oxygen atoms in total. The summed E-state index contributed by atoms with van der Waals surface area (Å²) in [7, 11) is 1.62. The van der Waals surface area contributed by atoms with E-state index in [1.165, 1.54) is 0 Å². The molecule has 0 amide bonds. The Kier molecular flexibility index (Phi) is 5.27. The molecule has 20 heavy (non-hydrogen) atoms. The number of hydrogen-bond donors (Lipinski definition) is 1. The van der Waals surface area contributed by atoms with Crippen molar-refractivity contribution in [3.63, 3.8) is 0 Å². The zero-order chi connectivity index (χ0) is 14.4. The highest BCUT2D eigenvalue weighted by atomic mass is 35.5. The lowest BCUT2D eigenvalue weighted by Gasteiger charge is -2.14. The standard InChI is InChI=1S/C16H18ClNO2/c1-3-18-11-12-13(17)7-6-10-14(12)20-16-9-5-4-8-15(16)19-2/h4-10,18H,3,11H2,1-2H3. The van der Waals surface area contributed by atoms with Crippen LogP contribution < -0.4 is 14.8 Å². The van der Waals surface area contributed by atoms with Crippen LogP contribution in [0.3, 0.4) is 0 Å². The van der Waals surface area contributed by atoms with Gasteiger partial charge in [-0.1, -0.05) is 36.7 Å². The van der Waals surface area contributed by atoms with Gasteiger partial charge < -0.3 is 14.8 Å². The van der Waals surface area contributed by atoms with Gasteiger partial charge in [0.1, 0.15) is 5.75 Å². The van der Waals surface area contributed by atoms with Gasteiger partial charge in [-0.3, -0.25) is 0 Å². The highest BCUT2D eigenvalue weighted by Crippen LogP contribution is 2.34. The minimum atomic E-state index is 0.667. The summed E-state index contributed by atoms with van der Waals surface area (Å²) in [5.41, 5.74) is 0.946. The molecule has 0 aliphatic carbocycles. The maximum atomic E-state index is 6.25. The van der Waals surface area contributed by atoms with E-state index in [1.54, 1.807) is 7.11 Å². The van der Waals surface area contributed by atoms with E-state index in [1.807, 2.05) is 42.5 Å². The minimum Gasteiger partial charge on any atom is -0.493 e. The Morgan fingerprint density at radius 1 is 1.00 bits per heavy atom. The first-order valence-corrected chi connectivity index (χ1v) is 6.93. The van der Waals surface area contributed by atoms with Gasteiger partial charge in [0.05, 0.1) is 7.11 Å². The number of halogens is 1. The molecule has 2 rings (SSSR count). The minimum absolute atomic E-state index is 0.667. The molecule has 0 aromatic heterocycles. The largest absolute Gasteiger partial charge is 0.493 e. The van der Waals surface area contributed by atoms with Crippen LogP contribution in [0.15, 0.2) is 42.5 Å². The Bertz CT molecular complexity index is 572. The van der Waals surface area contributed by atoms with Crippen LogP contribution in [0.25, 0.3) is 0 Å². The third-order valence-electron chi connectivity index (χ3n) is 2.92. The average molecular weight is 292 g/mol. The SMILES string of the molecule is CCNCc1c(Cl)cccc1Oc1ccccc1OC. The molecule has 0 fully saturated rings. The van der Waals surface area contributed by atoms with Crippen LogP contribution in [-0.4, -0.2) is 13.7 Å². The van der Waals surface area contributed by atoms with E-state index in [-0.39, 0.29) is 0 Å². The molecule has 4 heteroatoms. The summed E-state index contributed by atoms with van der Waals surface area (Å²) in [5.74, 6) is 2.11. The van der Waals surface area contributed by atoms with Gasteiger partial charge in [0, 0.05) is 17.1 Å². The third-order valence-corrected chi connectivity index (χ3v) is 3.27. The molecule has 106 valence electrons. The predicted octanol–water partition coefficient (Wildman–Crippen LogP) is 4.25. The van der Waals surface area contributed by atoms with E-state index >= 15 is 0 Å². The van der Waals surface area contributed by atoms with Crippen molar-refractivity contribution in [1.29, 1.82) is 0 Å². The summed E-state index contributed by atoms with van der Waals surface area (Å²) in [6.45, 7) is 3.59. The molecule has 0 unspecified atom stereocenters. The molecule has 1 N–H and O–H groups in total. The van der Waals surface area contributed by atoms with Crippen molar-refractivity contribution in [2.75, 3.05) is 13.7 Å². The first kappa shape index (κ1) is 14.7. The van der Waals surface area contributed by atoms with Gasteiger partial charge >= 0.3 is 0 Å². The van der Waals surface area contributed by atoms with Gasteiger partial charge in [-0.2, -0.15) is 0 Å². The normalized spacial score (nSPS) is 10.3. The maximum absolute atomic E-state index is 6.25. The van der Waals surface area contributed by atoms with Crippen LogP contribution in [0, 0.1) is 0 Å². The van der Waals surface area contributed by atoms with Crippen molar-refractivity contribution in [1.82, 2.24) is 5.32 Å². The van der Waals surface area contributed by atoms with Crippen molar-refractivity contribution in [3.8, 4) is 17.2 Å².